The van der Waals surface area contributed by atoms with Crippen LogP contribution < -0.4 is 0 Å². The molecule has 0 aromatic heterocycles. The van der Waals surface area contributed by atoms with Crippen LogP contribution in [0.3, 0.4) is 0 Å². The minimum Gasteiger partial charge on any atom is -0.394 e. The van der Waals surface area contributed by atoms with Crippen molar-refractivity contribution in [3.05, 3.63) is 0 Å². The Morgan fingerprint density at radius 1 is 1.06 bits per heavy atom. The molecule has 0 spiro atoms. The summed E-state index contributed by atoms with van der Waals surface area (Å²) in [6, 6.07) is 0. The number of hydrogen-bond donors (Lipinski definition) is 1. The van der Waals surface area contributed by atoms with Crippen molar-refractivity contribution >= 4 is 0 Å². The molecule has 3 atom stereocenters. The molecular weight excluding hydrogens is 228 g/mol. The smallest absolute Gasteiger partial charge is 0.0784 e. The summed E-state index contributed by atoms with van der Waals surface area (Å²) in [6.07, 6.45) is 5.01. The predicted molar refractivity (Wildman–Crippen MR) is 75.8 cm³/mol. The summed E-state index contributed by atoms with van der Waals surface area (Å²) in [5.74, 6) is 0.663. The van der Waals surface area contributed by atoms with Gasteiger partial charge in [-0.2, -0.15) is 0 Å². The molecule has 3 nitrogen and oxygen atoms in total. The van der Waals surface area contributed by atoms with Crippen LogP contribution in [-0.4, -0.2) is 36.6 Å². The van der Waals surface area contributed by atoms with E-state index in [1.807, 2.05) is 13.8 Å². The highest BCUT2D eigenvalue weighted by atomic mass is 16.5. The molecule has 1 N–H and O–H groups in total. The van der Waals surface area contributed by atoms with Crippen LogP contribution in [0.15, 0.2) is 0 Å². The molecule has 0 aliphatic heterocycles. The summed E-state index contributed by atoms with van der Waals surface area (Å²) in [6.45, 7) is 11.2. The van der Waals surface area contributed by atoms with E-state index in [1.54, 1.807) is 0 Å². The summed E-state index contributed by atoms with van der Waals surface area (Å²) in [5.41, 5.74) is 0. The number of unbranched alkanes of at least 4 members (excludes halogenated alkanes) is 1. The van der Waals surface area contributed by atoms with E-state index in [9.17, 15) is 0 Å². The molecule has 110 valence electrons. The standard InChI is InChI=1S/C15H32O3/c1-6-7-8-15(9-12(2)3)18-14(5)11-17-13(4)10-16/h12-16H,6-11H2,1-5H3. The first-order valence-corrected chi connectivity index (χ1v) is 7.37. The van der Waals surface area contributed by atoms with Crippen molar-refractivity contribution < 1.29 is 14.6 Å². The van der Waals surface area contributed by atoms with Crippen LogP contribution in [0, 0.1) is 5.92 Å². The maximum absolute atomic E-state index is 8.90. The van der Waals surface area contributed by atoms with Crippen molar-refractivity contribution in [2.75, 3.05) is 13.2 Å². The number of aliphatic hydroxyl groups excluding tert-OH is 1. The van der Waals surface area contributed by atoms with Crippen molar-refractivity contribution in [3.8, 4) is 0 Å². The van der Waals surface area contributed by atoms with Gasteiger partial charge in [0.25, 0.3) is 0 Å². The molecule has 0 saturated carbocycles. The molecule has 0 aliphatic carbocycles. The van der Waals surface area contributed by atoms with Crippen molar-refractivity contribution in [2.45, 2.75) is 78.6 Å². The van der Waals surface area contributed by atoms with Crippen LogP contribution in [0.1, 0.15) is 60.3 Å². The Morgan fingerprint density at radius 2 is 1.72 bits per heavy atom. The van der Waals surface area contributed by atoms with Crippen LogP contribution >= 0.6 is 0 Å². The Morgan fingerprint density at radius 3 is 2.22 bits per heavy atom. The number of aliphatic hydroxyl groups is 1. The highest BCUT2D eigenvalue weighted by molar-refractivity contribution is 4.64. The van der Waals surface area contributed by atoms with Gasteiger partial charge in [0, 0.05) is 0 Å². The Bertz CT molecular complexity index is 183. The van der Waals surface area contributed by atoms with Gasteiger partial charge in [-0.15, -0.1) is 0 Å². The molecule has 0 fully saturated rings. The Hall–Kier alpha value is -0.120. The molecule has 0 saturated heterocycles. The molecule has 0 rings (SSSR count). The lowest BCUT2D eigenvalue weighted by Crippen LogP contribution is -2.27. The third-order valence-corrected chi connectivity index (χ3v) is 2.91. The van der Waals surface area contributed by atoms with E-state index < -0.39 is 0 Å². The van der Waals surface area contributed by atoms with Gasteiger partial charge in [-0.25, -0.2) is 0 Å². The zero-order valence-electron chi connectivity index (χ0n) is 12.8. The number of ether oxygens (including phenoxy) is 2. The van der Waals surface area contributed by atoms with Crippen LogP contribution in [0.25, 0.3) is 0 Å². The maximum Gasteiger partial charge on any atom is 0.0784 e. The van der Waals surface area contributed by atoms with Crippen LogP contribution in [0.5, 0.6) is 0 Å². The molecule has 0 amide bonds. The molecule has 18 heavy (non-hydrogen) atoms. The first kappa shape index (κ1) is 17.9. The third-order valence-electron chi connectivity index (χ3n) is 2.91. The van der Waals surface area contributed by atoms with E-state index in [1.165, 1.54) is 12.8 Å². The Labute approximate surface area is 113 Å². The predicted octanol–water partition coefficient (Wildman–Crippen LogP) is 3.39. The molecule has 0 aromatic rings. The fraction of sp³-hybridized carbons (Fsp3) is 1.00. The van der Waals surface area contributed by atoms with Crippen molar-refractivity contribution in [1.29, 1.82) is 0 Å². The fourth-order valence-corrected chi connectivity index (χ4v) is 1.92. The molecule has 3 heteroatoms. The van der Waals surface area contributed by atoms with Gasteiger partial charge in [-0.3, -0.25) is 0 Å². The van der Waals surface area contributed by atoms with E-state index in [2.05, 4.69) is 20.8 Å². The summed E-state index contributed by atoms with van der Waals surface area (Å²) < 4.78 is 11.5. The van der Waals surface area contributed by atoms with Gasteiger partial charge in [0.05, 0.1) is 31.5 Å². The van der Waals surface area contributed by atoms with Crippen LogP contribution in [0.2, 0.25) is 0 Å². The second-order valence-corrected chi connectivity index (χ2v) is 5.67. The van der Waals surface area contributed by atoms with Gasteiger partial charge in [-0.05, 0) is 32.6 Å². The summed E-state index contributed by atoms with van der Waals surface area (Å²) in [5, 5.41) is 8.90. The molecule has 0 aliphatic rings. The van der Waals surface area contributed by atoms with Crippen molar-refractivity contribution in [3.63, 3.8) is 0 Å². The Kier molecular flexibility index (Phi) is 10.7. The maximum atomic E-state index is 8.90. The third kappa shape index (κ3) is 9.86. The largest absolute Gasteiger partial charge is 0.394 e. The summed E-state index contributed by atoms with van der Waals surface area (Å²) in [4.78, 5) is 0. The first-order chi connectivity index (χ1) is 8.49. The normalized spacial score (nSPS) is 16.8. The average molecular weight is 260 g/mol. The molecule has 0 bridgehead atoms. The molecule has 0 heterocycles. The van der Waals surface area contributed by atoms with Crippen LogP contribution in [0.4, 0.5) is 0 Å². The quantitative estimate of drug-likeness (QED) is 0.619. The monoisotopic (exact) mass is 260 g/mol. The lowest BCUT2D eigenvalue weighted by Gasteiger charge is -2.24. The van der Waals surface area contributed by atoms with Gasteiger partial charge < -0.3 is 14.6 Å². The van der Waals surface area contributed by atoms with Crippen molar-refractivity contribution in [2.24, 2.45) is 5.92 Å². The van der Waals surface area contributed by atoms with Crippen LogP contribution in [-0.2, 0) is 9.47 Å². The zero-order chi connectivity index (χ0) is 14.0. The van der Waals surface area contributed by atoms with Gasteiger partial charge in [0.1, 0.15) is 0 Å². The Balaban J connectivity index is 3.96. The topological polar surface area (TPSA) is 38.7 Å². The van der Waals surface area contributed by atoms with Crippen molar-refractivity contribution in [1.82, 2.24) is 0 Å². The summed E-state index contributed by atoms with van der Waals surface area (Å²) >= 11 is 0. The lowest BCUT2D eigenvalue weighted by atomic mass is 10.0. The molecule has 3 unspecified atom stereocenters. The minimum absolute atomic E-state index is 0.0674. The average Bonchev–Trinajstić information content (AvgIpc) is 2.32. The lowest BCUT2D eigenvalue weighted by molar-refractivity contribution is -0.0790. The van der Waals surface area contributed by atoms with E-state index in [0.29, 0.717) is 18.6 Å². The summed E-state index contributed by atoms with van der Waals surface area (Å²) in [7, 11) is 0. The second-order valence-electron chi connectivity index (χ2n) is 5.67. The number of hydrogen-bond acceptors (Lipinski definition) is 3. The van der Waals surface area contributed by atoms with Gasteiger partial charge in [-0.1, -0.05) is 33.6 Å². The second kappa shape index (κ2) is 10.8. The molecular formula is C15H32O3. The zero-order valence-corrected chi connectivity index (χ0v) is 12.8. The minimum atomic E-state index is -0.102. The number of rotatable bonds is 11. The van der Waals surface area contributed by atoms with E-state index in [-0.39, 0.29) is 18.8 Å². The van der Waals surface area contributed by atoms with E-state index in [0.717, 1.165) is 12.8 Å². The van der Waals surface area contributed by atoms with Gasteiger partial charge in [0.2, 0.25) is 0 Å². The molecule has 0 aromatic carbocycles. The van der Waals surface area contributed by atoms with Gasteiger partial charge in [0.15, 0.2) is 0 Å². The highest BCUT2D eigenvalue weighted by Gasteiger charge is 2.15. The molecule has 0 radical (unpaired) electrons. The van der Waals surface area contributed by atoms with E-state index in [4.69, 9.17) is 14.6 Å². The SMILES string of the molecule is CCCCC(CC(C)C)OC(C)COC(C)CO. The van der Waals surface area contributed by atoms with Gasteiger partial charge >= 0.3 is 0 Å². The first-order valence-electron chi connectivity index (χ1n) is 7.37. The van der Waals surface area contributed by atoms with E-state index >= 15 is 0 Å². The fourth-order valence-electron chi connectivity index (χ4n) is 1.92. The highest BCUT2D eigenvalue weighted by Crippen LogP contribution is 2.16.